The Balaban J connectivity index is 1.30. The molecule has 55 heavy (non-hydrogen) atoms. The Bertz CT molecular complexity index is 1520. The van der Waals surface area contributed by atoms with Gasteiger partial charge in [0, 0.05) is 23.2 Å². The molecule has 300 valence electrons. The molecule has 2 heteroatoms. The first kappa shape index (κ1) is 44.2. The third-order valence-electron chi connectivity index (χ3n) is 12.2. The lowest BCUT2D eigenvalue weighted by Crippen LogP contribution is -2.04. The van der Waals surface area contributed by atoms with Gasteiger partial charge in [-0.25, -0.2) is 0 Å². The molecule has 0 aliphatic rings. The largest absolute Gasteiger partial charge is 0.399 e. The smallest absolute Gasteiger partial charge is 0.0314 e. The molecule has 0 radical (unpaired) electrons. The van der Waals surface area contributed by atoms with Crippen molar-refractivity contribution in [3.05, 3.63) is 130 Å². The maximum Gasteiger partial charge on any atom is 0.0314 e. The summed E-state index contributed by atoms with van der Waals surface area (Å²) < 4.78 is 0. The number of hydrogen-bond donors (Lipinski definition) is 2. The van der Waals surface area contributed by atoms with E-state index < -0.39 is 0 Å². The minimum absolute atomic E-state index is 0.417. The molecule has 0 spiro atoms. The van der Waals surface area contributed by atoms with Gasteiger partial charge in [0.15, 0.2) is 0 Å². The van der Waals surface area contributed by atoms with E-state index in [2.05, 4.69) is 118 Å². The van der Waals surface area contributed by atoms with Gasteiger partial charge in [-0.3, -0.25) is 0 Å². The molecule has 0 heterocycles. The molecule has 0 saturated carbocycles. The predicted octanol–water partition coefficient (Wildman–Crippen LogP) is 16.1. The van der Waals surface area contributed by atoms with Gasteiger partial charge in [0.1, 0.15) is 0 Å². The molecule has 4 aromatic carbocycles. The molecule has 0 bridgehead atoms. The van der Waals surface area contributed by atoms with E-state index in [1.54, 1.807) is 0 Å². The normalized spacial score (nSPS) is 13.1. The molecule has 0 aliphatic heterocycles. The minimum atomic E-state index is 0.417. The van der Waals surface area contributed by atoms with E-state index in [-0.39, 0.29) is 0 Å². The van der Waals surface area contributed by atoms with Crippen molar-refractivity contribution in [2.75, 3.05) is 11.5 Å². The Labute approximate surface area is 338 Å². The zero-order valence-electron chi connectivity index (χ0n) is 35.4. The summed E-state index contributed by atoms with van der Waals surface area (Å²) in [5, 5.41) is 0. The van der Waals surface area contributed by atoms with Crippen molar-refractivity contribution < 1.29 is 0 Å². The van der Waals surface area contributed by atoms with Gasteiger partial charge in [0.2, 0.25) is 0 Å². The van der Waals surface area contributed by atoms with Crippen LogP contribution in [0.3, 0.4) is 0 Å². The van der Waals surface area contributed by atoms with Crippen molar-refractivity contribution in [2.24, 2.45) is 0 Å². The standard InChI is InChI=1S/C53H78N2/c1-4-6-8-10-12-14-16-18-20-22-24-52(48-34-38-50(54)39-35-48)46-28-26-44(27-29-46)42-43(3)45-30-32-47(33-31-45)53(49-36-40-51(55)41-37-49)25-23-21-19-17-15-13-11-9-7-5-2/h26-41,43,52-53H,4-25,42,54-55H2,1-3H3. The highest BCUT2D eigenvalue weighted by Gasteiger charge is 2.17. The Morgan fingerprint density at radius 2 is 0.618 bits per heavy atom. The summed E-state index contributed by atoms with van der Waals surface area (Å²) in [6, 6.07) is 36.4. The molecule has 3 atom stereocenters. The predicted molar refractivity (Wildman–Crippen MR) is 243 cm³/mol. The molecular formula is C53H78N2. The molecule has 0 amide bonds. The van der Waals surface area contributed by atoms with E-state index in [0.717, 1.165) is 17.8 Å². The summed E-state index contributed by atoms with van der Waals surface area (Å²) in [5.41, 5.74) is 22.3. The Hall–Kier alpha value is -3.52. The molecule has 0 aliphatic carbocycles. The second kappa shape index (κ2) is 26.4. The average Bonchev–Trinajstić information content (AvgIpc) is 3.20. The fourth-order valence-corrected chi connectivity index (χ4v) is 8.59. The Morgan fingerprint density at radius 3 is 0.964 bits per heavy atom. The molecule has 4 aromatic rings. The van der Waals surface area contributed by atoms with Gasteiger partial charge in [-0.15, -0.1) is 0 Å². The highest BCUT2D eigenvalue weighted by Crippen LogP contribution is 2.34. The molecule has 0 saturated heterocycles. The first-order chi connectivity index (χ1) is 27.0. The summed E-state index contributed by atoms with van der Waals surface area (Å²) in [6.45, 7) is 6.98. The van der Waals surface area contributed by atoms with Gasteiger partial charge >= 0.3 is 0 Å². The van der Waals surface area contributed by atoms with Crippen LogP contribution in [0.1, 0.15) is 213 Å². The number of unbranched alkanes of at least 4 members (excludes halogenated alkanes) is 18. The zero-order valence-corrected chi connectivity index (χ0v) is 35.4. The lowest BCUT2D eigenvalue weighted by molar-refractivity contribution is 0.540. The highest BCUT2D eigenvalue weighted by atomic mass is 14.5. The Morgan fingerprint density at radius 1 is 0.345 bits per heavy atom. The molecular weight excluding hydrogens is 665 g/mol. The van der Waals surface area contributed by atoms with Crippen LogP contribution in [0.4, 0.5) is 11.4 Å². The molecule has 4 N–H and O–H groups in total. The van der Waals surface area contributed by atoms with Crippen molar-refractivity contribution in [3.63, 3.8) is 0 Å². The van der Waals surface area contributed by atoms with E-state index in [0.29, 0.717) is 17.8 Å². The molecule has 0 fully saturated rings. The van der Waals surface area contributed by atoms with Crippen LogP contribution in [-0.2, 0) is 6.42 Å². The van der Waals surface area contributed by atoms with Crippen molar-refractivity contribution in [1.82, 2.24) is 0 Å². The monoisotopic (exact) mass is 743 g/mol. The maximum absolute atomic E-state index is 6.09. The van der Waals surface area contributed by atoms with E-state index in [9.17, 15) is 0 Å². The molecule has 4 rings (SSSR count). The molecule has 3 unspecified atom stereocenters. The maximum atomic E-state index is 6.09. The van der Waals surface area contributed by atoms with E-state index >= 15 is 0 Å². The first-order valence-electron chi connectivity index (χ1n) is 22.9. The summed E-state index contributed by atoms with van der Waals surface area (Å²) in [7, 11) is 0. The fourth-order valence-electron chi connectivity index (χ4n) is 8.59. The lowest BCUT2D eigenvalue weighted by Gasteiger charge is -2.21. The van der Waals surface area contributed by atoms with E-state index in [1.165, 1.54) is 175 Å². The number of anilines is 2. The minimum Gasteiger partial charge on any atom is -0.399 e. The van der Waals surface area contributed by atoms with Gasteiger partial charge in [0.05, 0.1) is 0 Å². The van der Waals surface area contributed by atoms with Gasteiger partial charge in [-0.1, -0.05) is 222 Å². The molecule has 0 aromatic heterocycles. The van der Waals surface area contributed by atoms with Gasteiger partial charge < -0.3 is 11.5 Å². The summed E-state index contributed by atoms with van der Waals surface area (Å²) >= 11 is 0. The average molecular weight is 743 g/mol. The number of hydrogen-bond acceptors (Lipinski definition) is 2. The van der Waals surface area contributed by atoms with Gasteiger partial charge in [0.25, 0.3) is 0 Å². The quantitative estimate of drug-likeness (QED) is 0.0430. The number of nitrogens with two attached hydrogens (primary N) is 2. The van der Waals surface area contributed by atoms with E-state index in [4.69, 9.17) is 11.5 Å². The van der Waals surface area contributed by atoms with E-state index in [1.807, 2.05) is 0 Å². The third-order valence-corrected chi connectivity index (χ3v) is 12.2. The molecule has 2 nitrogen and oxygen atoms in total. The fraction of sp³-hybridized carbons (Fsp3) is 0.547. The summed E-state index contributed by atoms with van der Waals surface area (Å²) in [6.07, 6.45) is 30.9. The van der Waals surface area contributed by atoms with Crippen LogP contribution in [0, 0.1) is 0 Å². The Kier molecular flexibility index (Phi) is 21.2. The van der Waals surface area contributed by atoms with Gasteiger partial charge in [-0.05, 0) is 82.8 Å². The van der Waals surface area contributed by atoms with Crippen LogP contribution < -0.4 is 11.5 Å². The lowest BCUT2D eigenvalue weighted by atomic mass is 9.84. The van der Waals surface area contributed by atoms with Crippen LogP contribution >= 0.6 is 0 Å². The van der Waals surface area contributed by atoms with Crippen molar-refractivity contribution in [1.29, 1.82) is 0 Å². The zero-order chi connectivity index (χ0) is 38.9. The highest BCUT2D eigenvalue weighted by molar-refractivity contribution is 5.44. The van der Waals surface area contributed by atoms with Crippen LogP contribution in [0.15, 0.2) is 97.1 Å². The SMILES string of the molecule is CCCCCCCCCCCCC(c1ccc(N)cc1)c1ccc(CC(C)c2ccc(C(CCCCCCCCCCCC)c3ccc(N)cc3)cc2)cc1. The van der Waals surface area contributed by atoms with Crippen LogP contribution in [0.2, 0.25) is 0 Å². The third kappa shape index (κ3) is 16.6. The first-order valence-corrected chi connectivity index (χ1v) is 22.9. The number of rotatable bonds is 29. The van der Waals surface area contributed by atoms with Crippen molar-refractivity contribution >= 4 is 11.4 Å². The van der Waals surface area contributed by atoms with Crippen LogP contribution in [0.25, 0.3) is 0 Å². The topological polar surface area (TPSA) is 52.0 Å². The summed E-state index contributed by atoms with van der Waals surface area (Å²) in [5.74, 6) is 1.29. The summed E-state index contributed by atoms with van der Waals surface area (Å²) in [4.78, 5) is 0. The van der Waals surface area contributed by atoms with Gasteiger partial charge in [-0.2, -0.15) is 0 Å². The van der Waals surface area contributed by atoms with Crippen LogP contribution in [0.5, 0.6) is 0 Å². The number of nitrogen functional groups attached to an aromatic ring is 2. The second-order valence-electron chi connectivity index (χ2n) is 16.9. The second-order valence-corrected chi connectivity index (χ2v) is 16.9. The van der Waals surface area contributed by atoms with Crippen molar-refractivity contribution in [2.45, 2.75) is 186 Å². The number of benzene rings is 4. The van der Waals surface area contributed by atoms with Crippen LogP contribution in [-0.4, -0.2) is 0 Å². The van der Waals surface area contributed by atoms with Crippen molar-refractivity contribution in [3.8, 4) is 0 Å².